The van der Waals surface area contributed by atoms with Crippen LogP contribution in [0.1, 0.15) is 123 Å². The van der Waals surface area contributed by atoms with E-state index >= 15 is 0 Å². The summed E-state index contributed by atoms with van der Waals surface area (Å²) in [5, 5.41) is 5.57. The van der Waals surface area contributed by atoms with Crippen molar-refractivity contribution in [1.82, 2.24) is 0 Å². The second kappa shape index (κ2) is 46.3. The first-order valence-electron chi connectivity index (χ1n) is 15.9. The minimum Gasteiger partial charge on any atom is -1.00 e. The fraction of sp³-hybridized carbons (Fsp3) is 0.465. The molecule has 0 aliphatic heterocycles. The standard InChI is InChI=1S/C21H22P.2C6H12.C3H7Br.C3H6O.4CH4.BrH/c1-2-18-22(19-12-6-3-7-13-19,20-14-8-4-9-15-20)21-16-10-5-11-17-21;2*1-3-5-6-4-2;2*1-2-3-4;;;;;/h3-17H,2,18H2,1H3;2*5-6H,3-4H2,1-2H3;2-3H2,1H3;3H,2H2,1H3;4*1H4;1H/q+1;;;;;;;;;/p-1/b;6-5+;6-5-;;;;;;;. The van der Waals surface area contributed by atoms with Crippen LogP contribution in [-0.4, -0.2) is 17.8 Å². The largest absolute Gasteiger partial charge is 1.00 e. The summed E-state index contributed by atoms with van der Waals surface area (Å²) in [6.45, 7) is 14.8. The van der Waals surface area contributed by atoms with Crippen molar-refractivity contribution in [3.05, 3.63) is 115 Å². The van der Waals surface area contributed by atoms with Crippen molar-refractivity contribution in [2.45, 2.75) is 123 Å². The Morgan fingerprint density at radius 2 is 0.723 bits per heavy atom. The highest BCUT2D eigenvalue weighted by atomic mass is 79.9. The molecule has 0 atom stereocenters. The molecule has 272 valence electrons. The molecule has 0 saturated carbocycles. The van der Waals surface area contributed by atoms with Crippen LogP contribution >= 0.6 is 23.2 Å². The minimum absolute atomic E-state index is 0. The average molecular weight is 799 g/mol. The first-order valence-corrected chi connectivity index (χ1v) is 19.0. The summed E-state index contributed by atoms with van der Waals surface area (Å²) in [6, 6.07) is 33.2. The maximum absolute atomic E-state index is 9.17. The predicted molar refractivity (Wildman–Crippen MR) is 227 cm³/mol. The molecule has 0 bridgehead atoms. The highest BCUT2D eigenvalue weighted by Crippen LogP contribution is 2.55. The van der Waals surface area contributed by atoms with Crippen LogP contribution in [0.4, 0.5) is 0 Å². The van der Waals surface area contributed by atoms with Crippen molar-refractivity contribution in [2.24, 2.45) is 0 Å². The van der Waals surface area contributed by atoms with Gasteiger partial charge in [0.15, 0.2) is 0 Å². The van der Waals surface area contributed by atoms with E-state index in [0.29, 0.717) is 6.42 Å². The molecule has 0 aromatic heterocycles. The first kappa shape index (κ1) is 60.5. The number of carbonyl (C=O) groups is 1. The zero-order valence-electron chi connectivity index (χ0n) is 28.0. The Balaban J connectivity index is -0.000000107. The van der Waals surface area contributed by atoms with Crippen molar-refractivity contribution in [2.75, 3.05) is 11.5 Å². The zero-order chi connectivity index (χ0) is 31.7. The van der Waals surface area contributed by atoms with E-state index < -0.39 is 7.26 Å². The number of rotatable bonds is 11. The Hall–Kier alpha value is -1.80. The van der Waals surface area contributed by atoms with Crippen LogP contribution in [0.5, 0.6) is 0 Å². The SMILES string of the molecule is C.C.C.C.CC/C=C/CC.CC/C=C\CC.CCC=O.CCCBr.CCC[P+](c1ccccc1)(c1ccccc1)c1ccccc1.[Br-]. The quantitative estimate of drug-likeness (QED) is 0.0817. The Bertz CT molecular complexity index is 881. The summed E-state index contributed by atoms with van der Waals surface area (Å²) in [4.78, 5) is 9.17. The lowest BCUT2D eigenvalue weighted by Crippen LogP contribution is -3.00. The van der Waals surface area contributed by atoms with Gasteiger partial charge in [-0.2, -0.15) is 0 Å². The molecule has 0 aliphatic rings. The molecule has 0 amide bonds. The van der Waals surface area contributed by atoms with E-state index in [-0.39, 0.29) is 46.7 Å². The first-order chi connectivity index (χ1) is 20.5. The lowest BCUT2D eigenvalue weighted by molar-refractivity contribution is -0.107. The fourth-order valence-corrected chi connectivity index (χ4v) is 8.27. The number of hydrogen-bond donors (Lipinski definition) is 0. The van der Waals surface area contributed by atoms with Crippen molar-refractivity contribution < 1.29 is 21.8 Å². The lowest BCUT2D eigenvalue weighted by Gasteiger charge is -2.27. The van der Waals surface area contributed by atoms with Crippen LogP contribution < -0.4 is 32.9 Å². The van der Waals surface area contributed by atoms with Gasteiger partial charge in [-0.15, -0.1) is 0 Å². The Morgan fingerprint density at radius 3 is 0.872 bits per heavy atom. The average Bonchev–Trinajstić information content (AvgIpc) is 3.07. The minimum atomic E-state index is -1.55. The van der Waals surface area contributed by atoms with Crippen molar-refractivity contribution >= 4 is 45.4 Å². The van der Waals surface area contributed by atoms with Gasteiger partial charge in [-0.05, 0) is 74.9 Å². The van der Waals surface area contributed by atoms with Gasteiger partial charge in [0.25, 0.3) is 0 Å². The predicted octanol–water partition coefficient (Wildman–Crippen LogP) is 11.1. The number of benzene rings is 3. The molecule has 3 rings (SSSR count). The normalized spacial score (nSPS) is 9.11. The summed E-state index contributed by atoms with van der Waals surface area (Å²) < 4.78 is 0. The molecule has 0 fully saturated rings. The molecule has 0 radical (unpaired) electrons. The molecule has 0 heterocycles. The molecule has 1 nitrogen and oxygen atoms in total. The van der Waals surface area contributed by atoms with E-state index in [0.717, 1.165) is 11.6 Å². The van der Waals surface area contributed by atoms with E-state index in [9.17, 15) is 4.79 Å². The smallest absolute Gasteiger partial charge is 0.119 e. The van der Waals surface area contributed by atoms with Gasteiger partial charge < -0.3 is 21.8 Å². The third-order valence-electron chi connectivity index (χ3n) is 5.78. The number of hydrogen-bond acceptors (Lipinski definition) is 1. The van der Waals surface area contributed by atoms with Gasteiger partial charge in [-0.1, -0.05) is 173 Å². The number of allylic oxidation sites excluding steroid dienone is 4. The van der Waals surface area contributed by atoms with Crippen LogP contribution in [0.3, 0.4) is 0 Å². The maximum atomic E-state index is 9.17. The molecule has 0 unspecified atom stereocenters. The van der Waals surface area contributed by atoms with Crippen molar-refractivity contribution in [1.29, 1.82) is 0 Å². The second-order valence-corrected chi connectivity index (χ2v) is 13.8. The Kier molecular flexibility index (Phi) is 59.6. The summed E-state index contributed by atoms with van der Waals surface area (Å²) in [7, 11) is -1.55. The van der Waals surface area contributed by atoms with Crippen LogP contribution in [0.2, 0.25) is 0 Å². The van der Waals surface area contributed by atoms with Crippen LogP contribution in [-0.2, 0) is 4.79 Å². The van der Waals surface area contributed by atoms with E-state index in [2.05, 4.69) is 173 Å². The number of aldehydes is 1. The third kappa shape index (κ3) is 28.9. The molecule has 0 saturated heterocycles. The molecule has 4 heteroatoms. The number of alkyl halides is 1. The highest BCUT2D eigenvalue weighted by Gasteiger charge is 2.44. The van der Waals surface area contributed by atoms with E-state index in [1.54, 1.807) is 0 Å². The molecular formula is C43H75Br2OP. The van der Waals surface area contributed by atoms with E-state index in [1.807, 2.05) is 6.92 Å². The molecule has 0 aliphatic carbocycles. The fourth-order valence-electron chi connectivity index (χ4n) is 3.88. The van der Waals surface area contributed by atoms with Crippen LogP contribution in [0.25, 0.3) is 0 Å². The third-order valence-corrected chi connectivity index (χ3v) is 11.2. The maximum Gasteiger partial charge on any atom is 0.119 e. The highest BCUT2D eigenvalue weighted by molar-refractivity contribution is 9.09. The Morgan fingerprint density at radius 1 is 0.489 bits per heavy atom. The number of carbonyl (C=O) groups excluding carboxylic acids is 1. The van der Waals surface area contributed by atoms with Gasteiger partial charge in [0.05, 0.1) is 6.16 Å². The number of halogens is 2. The van der Waals surface area contributed by atoms with Gasteiger partial charge in [0, 0.05) is 11.8 Å². The van der Waals surface area contributed by atoms with Gasteiger partial charge >= 0.3 is 0 Å². The molecule has 3 aromatic carbocycles. The zero-order valence-corrected chi connectivity index (χ0v) is 32.1. The summed E-state index contributed by atoms with van der Waals surface area (Å²) in [5.41, 5.74) is 0. The van der Waals surface area contributed by atoms with Crippen LogP contribution in [0, 0.1) is 0 Å². The Labute approximate surface area is 315 Å². The monoisotopic (exact) mass is 796 g/mol. The van der Waals surface area contributed by atoms with Crippen molar-refractivity contribution in [3.8, 4) is 0 Å². The summed E-state index contributed by atoms with van der Waals surface area (Å²) >= 11 is 3.25. The topological polar surface area (TPSA) is 17.1 Å². The van der Waals surface area contributed by atoms with Gasteiger partial charge in [0.2, 0.25) is 0 Å². The molecule has 47 heavy (non-hydrogen) atoms. The second-order valence-electron chi connectivity index (χ2n) is 9.38. The molecule has 0 spiro atoms. The molecule has 3 aromatic rings. The van der Waals surface area contributed by atoms with E-state index in [4.69, 9.17) is 0 Å². The summed E-state index contributed by atoms with van der Waals surface area (Å²) in [5.74, 6) is 0. The van der Waals surface area contributed by atoms with Gasteiger partial charge in [-0.25, -0.2) is 0 Å². The summed E-state index contributed by atoms with van der Waals surface area (Å²) in [6.07, 6.45) is 18.6. The molecular weight excluding hydrogens is 723 g/mol. The van der Waals surface area contributed by atoms with E-state index in [1.165, 1.54) is 60.6 Å². The lowest BCUT2D eigenvalue weighted by atomic mass is 10.4. The molecule has 0 N–H and O–H groups in total. The van der Waals surface area contributed by atoms with Crippen molar-refractivity contribution in [3.63, 3.8) is 0 Å². The van der Waals surface area contributed by atoms with Gasteiger partial charge in [0.1, 0.15) is 29.5 Å². The van der Waals surface area contributed by atoms with Crippen LogP contribution in [0.15, 0.2) is 115 Å². The van der Waals surface area contributed by atoms with Gasteiger partial charge in [-0.3, -0.25) is 0 Å².